The van der Waals surface area contributed by atoms with Crippen molar-refractivity contribution in [3.8, 4) is 17.2 Å². The number of nitrogens with zero attached hydrogens (tertiary/aromatic N) is 9. The number of nitrogens with one attached hydrogen (secondary N) is 1. The van der Waals surface area contributed by atoms with Gasteiger partial charge in [0.15, 0.2) is 23.0 Å². The van der Waals surface area contributed by atoms with E-state index in [2.05, 4.69) is 30.3 Å². The summed E-state index contributed by atoms with van der Waals surface area (Å²) in [6, 6.07) is 13.1. The fourth-order valence-corrected chi connectivity index (χ4v) is 5.25. The lowest BCUT2D eigenvalue weighted by Gasteiger charge is -2.39. The minimum absolute atomic E-state index is 0.00402. The number of ether oxygens (including phenoxy) is 2. The molecule has 7 rings (SSSR count). The van der Waals surface area contributed by atoms with Gasteiger partial charge in [0.25, 0.3) is 0 Å². The number of piperazine rings is 1. The molecule has 1 amide bonds. The van der Waals surface area contributed by atoms with Crippen molar-refractivity contribution >= 4 is 39.9 Å². The third-order valence-electron chi connectivity index (χ3n) is 7.39. The second-order valence-corrected chi connectivity index (χ2v) is 10.7. The molecule has 218 valence electrons. The molecule has 2 aliphatic rings. The van der Waals surface area contributed by atoms with Gasteiger partial charge < -0.3 is 29.5 Å². The second kappa shape index (κ2) is 11.2. The Bertz CT molecular complexity index is 1820. The normalized spacial score (nSPS) is 16.4. The Morgan fingerprint density at radius 3 is 2.84 bits per heavy atom. The van der Waals surface area contributed by atoms with Crippen LogP contribution < -0.4 is 19.7 Å². The monoisotopic (exact) mass is 578 g/mol. The van der Waals surface area contributed by atoms with E-state index in [-0.39, 0.29) is 11.9 Å². The number of rotatable bonds is 7. The summed E-state index contributed by atoms with van der Waals surface area (Å²) in [6.07, 6.45) is 8.36. The summed E-state index contributed by atoms with van der Waals surface area (Å²) in [5.41, 5.74) is 2.83. The van der Waals surface area contributed by atoms with Gasteiger partial charge in [0, 0.05) is 56.3 Å². The first-order chi connectivity index (χ1) is 21.0. The van der Waals surface area contributed by atoms with Crippen LogP contribution in [-0.2, 0) is 4.79 Å². The molecule has 0 radical (unpaired) electrons. The molecule has 2 aliphatic heterocycles. The Morgan fingerprint density at radius 1 is 1.09 bits per heavy atom. The van der Waals surface area contributed by atoms with E-state index >= 15 is 0 Å². The first-order valence-corrected chi connectivity index (χ1v) is 14.0. The van der Waals surface area contributed by atoms with E-state index in [4.69, 9.17) is 14.5 Å². The zero-order valence-corrected chi connectivity index (χ0v) is 23.8. The van der Waals surface area contributed by atoms with Crippen molar-refractivity contribution in [1.29, 1.82) is 0 Å². The Labute approximate surface area is 247 Å². The van der Waals surface area contributed by atoms with E-state index in [1.807, 2.05) is 72.4 Å². The summed E-state index contributed by atoms with van der Waals surface area (Å²) in [5, 5.41) is 7.48. The van der Waals surface area contributed by atoms with E-state index in [1.165, 1.54) is 12.7 Å². The van der Waals surface area contributed by atoms with Crippen molar-refractivity contribution in [3.05, 3.63) is 73.5 Å². The van der Waals surface area contributed by atoms with Gasteiger partial charge in [-0.05, 0) is 44.4 Å². The SMILES string of the molecule is CN(C)C/C=C/C(=O)N1CCN2C[C@H]1COc1cc3ncnc(Nc4ccc(Oc5ccn6ncnc6c5)cc4)c3nc12. The summed E-state index contributed by atoms with van der Waals surface area (Å²) < 4.78 is 13.9. The number of anilines is 3. The maximum absolute atomic E-state index is 12.9. The van der Waals surface area contributed by atoms with E-state index in [9.17, 15) is 4.79 Å². The van der Waals surface area contributed by atoms with Gasteiger partial charge >= 0.3 is 0 Å². The number of hydrogen-bond acceptors (Lipinski definition) is 11. The Kier molecular flexibility index (Phi) is 6.91. The number of aromatic nitrogens is 6. The molecule has 6 heterocycles. The van der Waals surface area contributed by atoms with E-state index in [0.29, 0.717) is 72.5 Å². The smallest absolute Gasteiger partial charge is 0.246 e. The van der Waals surface area contributed by atoms with Gasteiger partial charge in [0.05, 0.1) is 11.6 Å². The van der Waals surface area contributed by atoms with Crippen molar-refractivity contribution in [2.24, 2.45) is 0 Å². The van der Waals surface area contributed by atoms with Crippen LogP contribution in [0, 0.1) is 0 Å². The summed E-state index contributed by atoms with van der Waals surface area (Å²) in [5.74, 6) is 3.33. The number of hydrogen-bond donors (Lipinski definition) is 1. The number of fused-ring (bicyclic) bond motifs is 6. The van der Waals surface area contributed by atoms with Crippen molar-refractivity contribution in [3.63, 3.8) is 0 Å². The number of amides is 1. The van der Waals surface area contributed by atoms with Crippen molar-refractivity contribution in [1.82, 2.24) is 39.3 Å². The highest BCUT2D eigenvalue weighted by Crippen LogP contribution is 2.36. The molecule has 13 nitrogen and oxygen atoms in total. The molecular weight excluding hydrogens is 548 g/mol. The highest BCUT2D eigenvalue weighted by molar-refractivity contribution is 5.90. The molecule has 5 aromatic rings. The standard InChI is InChI=1S/C30H30N10O3/c1-37(2)10-3-4-27(41)39-13-12-38-16-21(39)17-42-25-15-24-28(36-30(25)38)29(33-18-31-24)35-20-5-7-22(8-6-20)43-23-9-11-40-26(14-23)32-19-34-40/h3-9,11,14-15,18-19,21H,10,12-13,16-17H2,1-2H3,(H,31,33,35)/b4-3+/t21-/m0/s1. The molecule has 1 atom stereocenters. The third kappa shape index (κ3) is 5.49. The molecule has 0 aliphatic carbocycles. The molecule has 1 N–H and O–H groups in total. The number of benzene rings is 1. The third-order valence-corrected chi connectivity index (χ3v) is 7.39. The molecule has 1 fully saturated rings. The molecule has 0 saturated carbocycles. The first-order valence-electron chi connectivity index (χ1n) is 14.0. The molecule has 13 heteroatoms. The minimum atomic E-state index is -0.0785. The average molecular weight is 579 g/mol. The van der Waals surface area contributed by atoms with Crippen molar-refractivity contribution in [2.45, 2.75) is 6.04 Å². The number of carbonyl (C=O) groups is 1. The molecule has 1 aromatic carbocycles. The average Bonchev–Trinajstić information content (AvgIpc) is 3.43. The van der Waals surface area contributed by atoms with Gasteiger partial charge in [-0.25, -0.2) is 24.5 Å². The lowest BCUT2D eigenvalue weighted by molar-refractivity contribution is -0.129. The van der Waals surface area contributed by atoms with Gasteiger partial charge in [-0.1, -0.05) is 6.08 Å². The van der Waals surface area contributed by atoms with Gasteiger partial charge in [-0.3, -0.25) is 4.79 Å². The van der Waals surface area contributed by atoms with Gasteiger partial charge in [-0.15, -0.1) is 0 Å². The lowest BCUT2D eigenvalue weighted by atomic mass is 10.1. The van der Waals surface area contributed by atoms with E-state index in [1.54, 1.807) is 16.8 Å². The number of carbonyl (C=O) groups excluding carboxylic acids is 1. The topological polar surface area (TPSA) is 126 Å². The lowest BCUT2D eigenvalue weighted by Crippen LogP contribution is -2.56. The van der Waals surface area contributed by atoms with Gasteiger partial charge in [0.1, 0.15) is 36.3 Å². The molecule has 1 saturated heterocycles. The van der Waals surface area contributed by atoms with Crippen molar-refractivity contribution in [2.75, 3.05) is 57.1 Å². The second-order valence-electron chi connectivity index (χ2n) is 10.7. The van der Waals surface area contributed by atoms with Crippen LogP contribution in [0.4, 0.5) is 17.3 Å². The van der Waals surface area contributed by atoms with Gasteiger partial charge in [-0.2, -0.15) is 5.10 Å². The molecule has 43 heavy (non-hydrogen) atoms. The predicted octanol–water partition coefficient (Wildman–Crippen LogP) is 3.13. The highest BCUT2D eigenvalue weighted by atomic mass is 16.5. The van der Waals surface area contributed by atoms with Crippen LogP contribution in [0.3, 0.4) is 0 Å². The molecule has 0 unspecified atom stereocenters. The molecular formula is C30H30N10O3. The zero-order chi connectivity index (χ0) is 29.3. The van der Waals surface area contributed by atoms with Crippen LogP contribution >= 0.6 is 0 Å². The molecule has 0 spiro atoms. The van der Waals surface area contributed by atoms with Crippen LogP contribution in [0.1, 0.15) is 0 Å². The number of likely N-dealkylation sites (N-methyl/N-ethyl adjacent to an activating group) is 1. The van der Waals surface area contributed by atoms with Crippen LogP contribution in [0.5, 0.6) is 17.2 Å². The van der Waals surface area contributed by atoms with Gasteiger partial charge in [0.2, 0.25) is 5.91 Å². The Morgan fingerprint density at radius 2 is 1.98 bits per heavy atom. The summed E-state index contributed by atoms with van der Waals surface area (Å²) in [4.78, 5) is 37.1. The predicted molar refractivity (Wildman–Crippen MR) is 161 cm³/mol. The maximum Gasteiger partial charge on any atom is 0.246 e. The quantitative estimate of drug-likeness (QED) is 0.286. The highest BCUT2D eigenvalue weighted by Gasteiger charge is 2.35. The van der Waals surface area contributed by atoms with Crippen LogP contribution in [0.25, 0.3) is 16.7 Å². The minimum Gasteiger partial charge on any atom is -0.487 e. The van der Waals surface area contributed by atoms with E-state index < -0.39 is 0 Å². The van der Waals surface area contributed by atoms with Crippen LogP contribution in [-0.4, -0.2) is 98.2 Å². The Balaban J connectivity index is 1.08. The number of pyridine rings is 2. The fraction of sp³-hybridized carbons (Fsp3) is 0.267. The summed E-state index contributed by atoms with van der Waals surface area (Å²) in [7, 11) is 3.95. The molecule has 2 bridgehead atoms. The Hall–Kier alpha value is -5.30. The first kappa shape index (κ1) is 26.6. The summed E-state index contributed by atoms with van der Waals surface area (Å²) in [6.45, 7) is 2.99. The zero-order valence-electron chi connectivity index (χ0n) is 23.8. The van der Waals surface area contributed by atoms with Crippen LogP contribution in [0.2, 0.25) is 0 Å². The molecule has 4 aromatic heterocycles. The summed E-state index contributed by atoms with van der Waals surface area (Å²) >= 11 is 0. The maximum atomic E-state index is 12.9. The van der Waals surface area contributed by atoms with E-state index in [0.717, 1.165) is 11.5 Å². The fourth-order valence-electron chi connectivity index (χ4n) is 5.25. The van der Waals surface area contributed by atoms with Crippen molar-refractivity contribution < 1.29 is 14.3 Å². The largest absolute Gasteiger partial charge is 0.487 e. The van der Waals surface area contributed by atoms with Crippen LogP contribution in [0.15, 0.2) is 73.5 Å².